The molecule has 0 rings (SSSR count). The fraction of sp³-hybridized carbons (Fsp3) is 0.615. The number of carbonyl (C=O) groups excluding carboxylic acids is 4. The van der Waals surface area contributed by atoms with Crippen LogP contribution in [0.25, 0.3) is 0 Å². The van der Waals surface area contributed by atoms with Crippen LogP contribution in [0.5, 0.6) is 0 Å². The lowest BCUT2D eigenvalue weighted by atomic mass is 9.91. The molecule has 112 valence electrons. The molecule has 1 amide bonds. The minimum Gasteiger partial charge on any atom is -0.464 e. The summed E-state index contributed by atoms with van der Waals surface area (Å²) in [5, 5.41) is 2.24. The van der Waals surface area contributed by atoms with Crippen LogP contribution in [0.4, 0.5) is 0 Å². The number of carbonyl (C=O) groups is 3. The second-order valence-electron chi connectivity index (χ2n) is 4.09. The van der Waals surface area contributed by atoms with Gasteiger partial charge in [0.25, 0.3) is 0 Å². The van der Waals surface area contributed by atoms with Crippen LogP contribution in [0.2, 0.25) is 0 Å². The second kappa shape index (κ2) is 8.12. The highest BCUT2D eigenvalue weighted by molar-refractivity contribution is 6.08. The molecular formula is C13H19NO6. The summed E-state index contributed by atoms with van der Waals surface area (Å²) in [4.78, 5) is 46.1. The first kappa shape index (κ1) is 17.9. The number of hydrogen-bond donors (Lipinski definition) is 1. The van der Waals surface area contributed by atoms with E-state index in [1.165, 1.54) is 6.92 Å². The van der Waals surface area contributed by atoms with Crippen molar-refractivity contribution in [1.82, 2.24) is 5.32 Å². The van der Waals surface area contributed by atoms with Crippen molar-refractivity contribution in [2.75, 3.05) is 13.2 Å². The van der Waals surface area contributed by atoms with Gasteiger partial charge < -0.3 is 14.8 Å². The molecule has 0 spiro atoms. The Balaban J connectivity index is 5.73. The number of hydrogen-bond acceptors (Lipinski definition) is 6. The van der Waals surface area contributed by atoms with Crippen molar-refractivity contribution in [1.29, 1.82) is 0 Å². The molecule has 0 aromatic carbocycles. The molecule has 0 aliphatic carbocycles. The van der Waals surface area contributed by atoms with Crippen LogP contribution >= 0.6 is 0 Å². The Bertz CT molecular complexity index is 418. The monoisotopic (exact) mass is 285 g/mol. The molecule has 0 heterocycles. The topological polar surface area (TPSA) is 98.8 Å². The largest absolute Gasteiger partial charge is 0.464 e. The first-order chi connectivity index (χ1) is 9.33. The Morgan fingerprint density at radius 2 is 1.50 bits per heavy atom. The van der Waals surface area contributed by atoms with Crippen LogP contribution < -0.4 is 5.32 Å². The van der Waals surface area contributed by atoms with E-state index in [1.54, 1.807) is 19.8 Å². The number of rotatable bonds is 7. The van der Waals surface area contributed by atoms with Gasteiger partial charge in [0.1, 0.15) is 5.94 Å². The molecule has 0 aliphatic heterocycles. The Hall–Kier alpha value is -2.14. The quantitative estimate of drug-likeness (QED) is 0.406. The van der Waals surface area contributed by atoms with Crippen molar-refractivity contribution < 1.29 is 28.7 Å². The number of amides is 1. The third-order valence-electron chi connectivity index (χ3n) is 2.34. The number of esters is 2. The highest BCUT2D eigenvalue weighted by Gasteiger charge is 2.50. The summed E-state index contributed by atoms with van der Waals surface area (Å²) < 4.78 is 9.65. The molecule has 20 heavy (non-hydrogen) atoms. The Kier molecular flexibility index (Phi) is 7.25. The maximum Gasteiger partial charge on any atom is 0.344 e. The molecule has 0 fully saturated rings. The summed E-state index contributed by atoms with van der Waals surface area (Å²) in [6.07, 6.45) is -0.353. The van der Waals surface area contributed by atoms with Crippen molar-refractivity contribution in [2.24, 2.45) is 0 Å². The van der Waals surface area contributed by atoms with E-state index in [4.69, 9.17) is 9.47 Å². The lowest BCUT2D eigenvalue weighted by Crippen LogP contribution is -2.61. The molecule has 0 unspecified atom stereocenters. The molecule has 7 nitrogen and oxygen atoms in total. The molecular weight excluding hydrogens is 266 g/mol. The van der Waals surface area contributed by atoms with Crippen LogP contribution in [0, 0.1) is 0 Å². The fourth-order valence-corrected chi connectivity index (χ4v) is 1.62. The van der Waals surface area contributed by atoms with E-state index in [1.807, 2.05) is 0 Å². The molecule has 0 saturated heterocycles. The zero-order valence-electron chi connectivity index (χ0n) is 12.1. The van der Waals surface area contributed by atoms with E-state index in [-0.39, 0.29) is 25.2 Å². The summed E-state index contributed by atoms with van der Waals surface area (Å²) in [6, 6.07) is 0. The maximum absolute atomic E-state index is 12.1. The van der Waals surface area contributed by atoms with Crippen molar-refractivity contribution in [3.63, 3.8) is 0 Å². The van der Waals surface area contributed by atoms with E-state index in [2.05, 4.69) is 5.32 Å². The third-order valence-corrected chi connectivity index (χ3v) is 2.34. The molecule has 0 atom stereocenters. The van der Waals surface area contributed by atoms with Crippen LogP contribution in [0.3, 0.4) is 0 Å². The van der Waals surface area contributed by atoms with Crippen molar-refractivity contribution >= 4 is 23.8 Å². The molecule has 0 aliphatic rings. The third kappa shape index (κ3) is 4.51. The van der Waals surface area contributed by atoms with E-state index >= 15 is 0 Å². The van der Waals surface area contributed by atoms with Gasteiger partial charge in [0.2, 0.25) is 11.4 Å². The standard InChI is InChI=1S/C13H19NO6/c1-5-19-11(17)13(14-10(4)16,7-9(3)8-15)12(18)20-6-2/h5-7H2,1-4H3,(H,14,16). The van der Waals surface area contributed by atoms with Crippen LogP contribution in [-0.4, -0.2) is 42.5 Å². The predicted molar refractivity (Wildman–Crippen MR) is 69.3 cm³/mol. The second-order valence-corrected chi connectivity index (χ2v) is 4.09. The smallest absolute Gasteiger partial charge is 0.344 e. The summed E-state index contributed by atoms with van der Waals surface area (Å²) >= 11 is 0. The maximum atomic E-state index is 12.1. The van der Waals surface area contributed by atoms with Gasteiger partial charge in [-0.1, -0.05) is 0 Å². The van der Waals surface area contributed by atoms with Gasteiger partial charge in [-0.3, -0.25) is 4.79 Å². The van der Waals surface area contributed by atoms with Crippen LogP contribution in [0.1, 0.15) is 34.1 Å². The Morgan fingerprint density at radius 1 is 1.05 bits per heavy atom. The zero-order valence-corrected chi connectivity index (χ0v) is 12.1. The van der Waals surface area contributed by atoms with Crippen LogP contribution in [-0.2, 0) is 28.7 Å². The van der Waals surface area contributed by atoms with E-state index in [0.29, 0.717) is 0 Å². The first-order valence-electron chi connectivity index (χ1n) is 6.17. The Labute approximate surface area is 117 Å². The zero-order chi connectivity index (χ0) is 15.8. The SMILES string of the molecule is CCOC(=O)C(CC(C)=C=O)(NC(C)=O)C(=O)OCC. The number of nitrogens with one attached hydrogen (secondary N) is 1. The molecule has 0 aromatic heterocycles. The normalized spacial score (nSPS) is 10.2. The molecule has 0 saturated carbocycles. The van der Waals surface area contributed by atoms with Crippen molar-refractivity contribution in [3.05, 3.63) is 5.57 Å². The van der Waals surface area contributed by atoms with Gasteiger partial charge in [0, 0.05) is 18.9 Å². The molecule has 0 aromatic rings. The van der Waals surface area contributed by atoms with E-state index in [9.17, 15) is 19.2 Å². The predicted octanol–water partition coefficient (Wildman–Crippen LogP) is 0.155. The average Bonchev–Trinajstić information content (AvgIpc) is 2.37. The molecule has 0 bridgehead atoms. The van der Waals surface area contributed by atoms with E-state index in [0.717, 1.165) is 6.92 Å². The molecule has 7 heteroatoms. The highest BCUT2D eigenvalue weighted by Crippen LogP contribution is 2.20. The van der Waals surface area contributed by atoms with Gasteiger partial charge in [-0.25, -0.2) is 14.4 Å². The van der Waals surface area contributed by atoms with Gasteiger partial charge >= 0.3 is 11.9 Å². The lowest BCUT2D eigenvalue weighted by molar-refractivity contribution is -0.167. The van der Waals surface area contributed by atoms with E-state index < -0.39 is 23.4 Å². The van der Waals surface area contributed by atoms with Gasteiger partial charge in [-0.15, -0.1) is 0 Å². The van der Waals surface area contributed by atoms with Gasteiger partial charge in [-0.2, -0.15) is 0 Å². The fourth-order valence-electron chi connectivity index (χ4n) is 1.62. The van der Waals surface area contributed by atoms with Crippen molar-refractivity contribution in [3.8, 4) is 0 Å². The minimum atomic E-state index is -2.06. The molecule has 0 radical (unpaired) electrons. The lowest BCUT2D eigenvalue weighted by Gasteiger charge is -2.29. The van der Waals surface area contributed by atoms with Gasteiger partial charge in [0.05, 0.1) is 13.2 Å². The first-order valence-corrected chi connectivity index (χ1v) is 6.17. The average molecular weight is 285 g/mol. The summed E-state index contributed by atoms with van der Waals surface area (Å²) in [7, 11) is 0. The van der Waals surface area contributed by atoms with Gasteiger partial charge in [0.15, 0.2) is 0 Å². The van der Waals surface area contributed by atoms with Crippen LogP contribution in [0.15, 0.2) is 5.57 Å². The van der Waals surface area contributed by atoms with Crippen molar-refractivity contribution in [2.45, 2.75) is 39.7 Å². The summed E-state index contributed by atoms with van der Waals surface area (Å²) in [5.41, 5.74) is -1.97. The van der Waals surface area contributed by atoms with Gasteiger partial charge in [-0.05, 0) is 20.8 Å². The highest BCUT2D eigenvalue weighted by atomic mass is 16.6. The summed E-state index contributed by atoms with van der Waals surface area (Å²) in [6.45, 7) is 5.69. The minimum absolute atomic E-state index is 0.0173. The Morgan fingerprint density at radius 3 is 1.80 bits per heavy atom. The number of ether oxygens (including phenoxy) is 2. The molecule has 1 N–H and O–H groups in total. The summed E-state index contributed by atoms with van der Waals surface area (Å²) in [5.74, 6) is -0.972.